The van der Waals surface area contributed by atoms with E-state index < -0.39 is 0 Å². The smallest absolute Gasteiger partial charge is 0.101 e. The van der Waals surface area contributed by atoms with Gasteiger partial charge < -0.3 is 10.6 Å². The van der Waals surface area contributed by atoms with Crippen LogP contribution in [0.3, 0.4) is 0 Å². The van der Waals surface area contributed by atoms with Crippen LogP contribution in [0, 0.1) is 17.2 Å². The number of hydrogen-bond donors (Lipinski definition) is 1. The maximum atomic E-state index is 9.23. The molecular weight excluding hydrogens is 290 g/mol. The van der Waals surface area contributed by atoms with E-state index in [1.54, 1.807) is 0 Å². The molecule has 4 heteroatoms. The minimum atomic E-state index is 0.343. The standard InChI is InChI=1S/C14H18BrN3/c1-10-4-5-18(13(6-10)9-17)14-7-12(15)3-2-11(14)8-16/h2-3,7,10,13H,4-6,9,17H2,1H3. The SMILES string of the molecule is CC1CCN(c2cc(Br)ccc2C#N)C(CN)C1. The van der Waals surface area contributed by atoms with E-state index in [2.05, 4.69) is 33.8 Å². The molecule has 1 heterocycles. The van der Waals surface area contributed by atoms with Crippen LogP contribution in [0.15, 0.2) is 22.7 Å². The molecule has 1 aliphatic rings. The van der Waals surface area contributed by atoms with Gasteiger partial charge in [-0.1, -0.05) is 22.9 Å². The zero-order valence-corrected chi connectivity index (χ0v) is 12.2. The lowest BCUT2D eigenvalue weighted by Crippen LogP contribution is -2.46. The number of benzene rings is 1. The van der Waals surface area contributed by atoms with Crippen molar-refractivity contribution in [3.05, 3.63) is 28.2 Å². The zero-order valence-electron chi connectivity index (χ0n) is 10.6. The first kappa shape index (κ1) is 13.4. The van der Waals surface area contributed by atoms with E-state index in [-0.39, 0.29) is 0 Å². The molecule has 0 saturated carbocycles. The first-order chi connectivity index (χ1) is 8.65. The van der Waals surface area contributed by atoms with Gasteiger partial charge in [-0.2, -0.15) is 5.26 Å². The molecule has 0 amide bonds. The quantitative estimate of drug-likeness (QED) is 0.914. The van der Waals surface area contributed by atoms with Crippen LogP contribution in [-0.2, 0) is 0 Å². The predicted octanol–water partition coefficient (Wildman–Crippen LogP) is 2.88. The average molecular weight is 308 g/mol. The number of nitrogens with zero attached hydrogens (tertiary/aromatic N) is 2. The van der Waals surface area contributed by atoms with Crippen LogP contribution in [0.5, 0.6) is 0 Å². The Morgan fingerprint density at radius 2 is 2.33 bits per heavy atom. The van der Waals surface area contributed by atoms with Crippen LogP contribution < -0.4 is 10.6 Å². The molecule has 0 radical (unpaired) electrons. The Bertz CT molecular complexity index is 467. The summed E-state index contributed by atoms with van der Waals surface area (Å²) >= 11 is 3.48. The summed E-state index contributed by atoms with van der Waals surface area (Å²) in [7, 11) is 0. The van der Waals surface area contributed by atoms with Crippen LogP contribution in [-0.4, -0.2) is 19.1 Å². The van der Waals surface area contributed by atoms with Crippen molar-refractivity contribution in [2.45, 2.75) is 25.8 Å². The minimum Gasteiger partial charge on any atom is -0.366 e. The number of halogens is 1. The van der Waals surface area contributed by atoms with Gasteiger partial charge in [0, 0.05) is 23.6 Å². The van der Waals surface area contributed by atoms with Crippen LogP contribution in [0.2, 0.25) is 0 Å². The summed E-state index contributed by atoms with van der Waals surface area (Å²) in [4.78, 5) is 2.29. The van der Waals surface area contributed by atoms with Crippen molar-refractivity contribution in [3.8, 4) is 6.07 Å². The van der Waals surface area contributed by atoms with Gasteiger partial charge in [0.1, 0.15) is 6.07 Å². The molecule has 1 saturated heterocycles. The van der Waals surface area contributed by atoms with E-state index in [4.69, 9.17) is 5.73 Å². The normalized spacial score (nSPS) is 23.8. The Morgan fingerprint density at radius 1 is 1.56 bits per heavy atom. The van der Waals surface area contributed by atoms with Crippen LogP contribution in [0.4, 0.5) is 5.69 Å². The second-order valence-electron chi connectivity index (χ2n) is 4.99. The zero-order chi connectivity index (χ0) is 13.1. The second kappa shape index (κ2) is 5.73. The summed E-state index contributed by atoms with van der Waals surface area (Å²) in [6.07, 6.45) is 2.27. The molecule has 1 aromatic carbocycles. The van der Waals surface area contributed by atoms with Gasteiger partial charge in [-0.05, 0) is 37.0 Å². The second-order valence-corrected chi connectivity index (χ2v) is 5.90. The molecule has 3 nitrogen and oxygen atoms in total. The molecule has 1 aliphatic heterocycles. The van der Waals surface area contributed by atoms with Crippen molar-refractivity contribution in [3.63, 3.8) is 0 Å². The summed E-state index contributed by atoms with van der Waals surface area (Å²) < 4.78 is 1.01. The van der Waals surface area contributed by atoms with E-state index in [0.717, 1.165) is 35.1 Å². The van der Waals surface area contributed by atoms with Crippen molar-refractivity contribution >= 4 is 21.6 Å². The molecule has 1 aromatic rings. The number of nitriles is 1. The Kier molecular flexibility index (Phi) is 4.26. The van der Waals surface area contributed by atoms with Gasteiger partial charge in [0.25, 0.3) is 0 Å². The van der Waals surface area contributed by atoms with Crippen molar-refractivity contribution in [1.82, 2.24) is 0 Å². The average Bonchev–Trinajstić information content (AvgIpc) is 2.38. The third kappa shape index (κ3) is 2.68. The molecule has 18 heavy (non-hydrogen) atoms. The molecule has 0 aliphatic carbocycles. The first-order valence-electron chi connectivity index (χ1n) is 6.32. The van der Waals surface area contributed by atoms with Gasteiger partial charge in [0.15, 0.2) is 0 Å². The topological polar surface area (TPSA) is 53.0 Å². The molecule has 2 rings (SSSR count). The molecule has 0 aromatic heterocycles. The van der Waals surface area contributed by atoms with Crippen molar-refractivity contribution < 1.29 is 0 Å². The summed E-state index contributed by atoms with van der Waals surface area (Å²) in [5.41, 5.74) is 7.62. The van der Waals surface area contributed by atoms with Gasteiger partial charge >= 0.3 is 0 Å². The summed E-state index contributed by atoms with van der Waals surface area (Å²) in [5.74, 6) is 0.715. The van der Waals surface area contributed by atoms with Crippen LogP contribution in [0.25, 0.3) is 0 Å². The first-order valence-corrected chi connectivity index (χ1v) is 7.11. The van der Waals surface area contributed by atoms with Crippen molar-refractivity contribution in [2.24, 2.45) is 11.7 Å². The number of piperidine rings is 1. The van der Waals surface area contributed by atoms with Gasteiger partial charge in [0.05, 0.1) is 11.3 Å². The highest BCUT2D eigenvalue weighted by molar-refractivity contribution is 9.10. The van der Waals surface area contributed by atoms with Gasteiger partial charge in [0.2, 0.25) is 0 Å². The molecule has 0 spiro atoms. The number of hydrogen-bond acceptors (Lipinski definition) is 3. The predicted molar refractivity (Wildman–Crippen MR) is 77.4 cm³/mol. The van der Waals surface area contributed by atoms with Crippen LogP contribution >= 0.6 is 15.9 Å². The molecule has 0 bridgehead atoms. The van der Waals surface area contributed by atoms with Gasteiger partial charge in [-0.15, -0.1) is 0 Å². The van der Waals surface area contributed by atoms with E-state index >= 15 is 0 Å². The number of anilines is 1. The maximum Gasteiger partial charge on any atom is 0.101 e. The molecule has 1 fully saturated rings. The molecule has 2 unspecified atom stereocenters. The summed E-state index contributed by atoms with van der Waals surface area (Å²) in [6.45, 7) is 3.89. The fraction of sp³-hybridized carbons (Fsp3) is 0.500. The third-order valence-corrected chi connectivity index (χ3v) is 4.13. The Morgan fingerprint density at radius 3 is 3.00 bits per heavy atom. The third-order valence-electron chi connectivity index (χ3n) is 3.64. The van der Waals surface area contributed by atoms with Crippen LogP contribution in [0.1, 0.15) is 25.3 Å². The molecule has 2 N–H and O–H groups in total. The van der Waals surface area contributed by atoms with E-state index in [0.29, 0.717) is 18.5 Å². The minimum absolute atomic E-state index is 0.343. The Balaban J connectivity index is 2.35. The Hall–Kier alpha value is -1.05. The van der Waals surface area contributed by atoms with E-state index in [1.165, 1.54) is 0 Å². The lowest BCUT2D eigenvalue weighted by atomic mass is 9.91. The molecule has 2 atom stereocenters. The molecule has 96 valence electrons. The van der Waals surface area contributed by atoms with Crippen molar-refractivity contribution in [1.29, 1.82) is 5.26 Å². The lowest BCUT2D eigenvalue weighted by molar-refractivity contribution is 0.366. The monoisotopic (exact) mass is 307 g/mol. The molecular formula is C14H18BrN3. The van der Waals surface area contributed by atoms with E-state index in [9.17, 15) is 5.26 Å². The number of rotatable bonds is 2. The van der Waals surface area contributed by atoms with Gasteiger partial charge in [-0.25, -0.2) is 0 Å². The highest BCUT2D eigenvalue weighted by atomic mass is 79.9. The highest BCUT2D eigenvalue weighted by Gasteiger charge is 2.26. The maximum absolute atomic E-state index is 9.23. The largest absolute Gasteiger partial charge is 0.366 e. The highest BCUT2D eigenvalue weighted by Crippen LogP contribution is 2.31. The number of nitrogens with two attached hydrogens (primary N) is 1. The summed E-state index contributed by atoms with van der Waals surface area (Å²) in [6, 6.07) is 8.42. The fourth-order valence-corrected chi connectivity index (χ4v) is 2.98. The van der Waals surface area contributed by atoms with E-state index in [1.807, 2.05) is 18.2 Å². The van der Waals surface area contributed by atoms with Gasteiger partial charge in [-0.3, -0.25) is 0 Å². The summed E-state index contributed by atoms with van der Waals surface area (Å²) in [5, 5.41) is 9.23. The fourth-order valence-electron chi connectivity index (χ4n) is 2.63. The Labute approximate surface area is 117 Å². The lowest BCUT2D eigenvalue weighted by Gasteiger charge is -2.40. The van der Waals surface area contributed by atoms with Crippen molar-refractivity contribution in [2.75, 3.05) is 18.0 Å².